The summed E-state index contributed by atoms with van der Waals surface area (Å²) in [4.78, 5) is 35.1. The van der Waals surface area contributed by atoms with Crippen molar-refractivity contribution in [2.75, 3.05) is 17.2 Å². The zero-order valence-corrected chi connectivity index (χ0v) is 17.2. The molecule has 154 valence electrons. The largest absolute Gasteiger partial charge is 0.494 e. The molecule has 0 fully saturated rings. The molecule has 29 heavy (non-hydrogen) atoms. The molecule has 0 heterocycles. The first-order valence-corrected chi connectivity index (χ1v) is 9.77. The fourth-order valence-corrected chi connectivity index (χ4v) is 2.65. The number of carbonyl (C=O) groups is 3. The molecule has 0 aliphatic carbocycles. The van der Waals surface area contributed by atoms with Crippen LogP contribution in [-0.2, 0) is 9.59 Å². The molecule has 0 bridgehead atoms. The highest BCUT2D eigenvalue weighted by Gasteiger charge is 2.07. The maximum atomic E-state index is 12.1. The van der Waals surface area contributed by atoms with Crippen molar-refractivity contribution < 1.29 is 19.1 Å². The van der Waals surface area contributed by atoms with E-state index < -0.39 is 0 Å². The van der Waals surface area contributed by atoms with E-state index in [1.165, 1.54) is 6.92 Å². The first-order valence-electron chi connectivity index (χ1n) is 9.77. The maximum absolute atomic E-state index is 12.1. The topological polar surface area (TPSA) is 84.5 Å². The second-order valence-electron chi connectivity index (χ2n) is 7.30. The van der Waals surface area contributed by atoms with Crippen molar-refractivity contribution in [3.05, 3.63) is 54.1 Å². The second kappa shape index (κ2) is 11.0. The molecule has 0 aliphatic rings. The summed E-state index contributed by atoms with van der Waals surface area (Å²) in [6.45, 7) is 5.92. The summed E-state index contributed by atoms with van der Waals surface area (Å²) in [5.74, 6) is 0.868. The Labute approximate surface area is 171 Å². The minimum absolute atomic E-state index is 0.0131. The molecular formula is C23H28N2O4. The van der Waals surface area contributed by atoms with Gasteiger partial charge in [0.2, 0.25) is 11.8 Å². The van der Waals surface area contributed by atoms with E-state index in [-0.39, 0.29) is 17.6 Å². The average molecular weight is 396 g/mol. The molecule has 0 spiro atoms. The van der Waals surface area contributed by atoms with Crippen LogP contribution in [0.1, 0.15) is 50.4 Å². The predicted molar refractivity (Wildman–Crippen MR) is 114 cm³/mol. The van der Waals surface area contributed by atoms with Gasteiger partial charge >= 0.3 is 0 Å². The van der Waals surface area contributed by atoms with Gasteiger partial charge in [0, 0.05) is 29.8 Å². The lowest BCUT2D eigenvalue weighted by molar-refractivity contribution is -0.117. The monoisotopic (exact) mass is 396 g/mol. The molecule has 0 saturated heterocycles. The number of ether oxygens (including phenoxy) is 1. The number of benzene rings is 2. The quantitative estimate of drug-likeness (QED) is 0.451. The van der Waals surface area contributed by atoms with Crippen LogP contribution in [-0.4, -0.2) is 24.2 Å². The smallest absolute Gasteiger partial charge is 0.224 e. The summed E-state index contributed by atoms with van der Waals surface area (Å²) in [5.41, 5.74) is 2.03. The van der Waals surface area contributed by atoms with Crippen molar-refractivity contribution in [3.63, 3.8) is 0 Å². The normalized spacial score (nSPS) is 10.5. The maximum Gasteiger partial charge on any atom is 0.224 e. The minimum Gasteiger partial charge on any atom is -0.494 e. The third-order valence-electron chi connectivity index (χ3n) is 4.12. The average Bonchev–Trinajstić information content (AvgIpc) is 2.66. The fraction of sp³-hybridized carbons (Fsp3) is 0.348. The van der Waals surface area contributed by atoms with Gasteiger partial charge in [-0.2, -0.15) is 0 Å². The van der Waals surface area contributed by atoms with Crippen LogP contribution in [0, 0.1) is 5.92 Å². The van der Waals surface area contributed by atoms with E-state index in [0.29, 0.717) is 54.5 Å². The standard InChI is InChI=1S/C23H28N2O4/c1-16(2)15-23(28)25-20-10-8-19(9-11-20)24-22(27)5-4-14-29-21-12-6-18(7-13-21)17(3)26/h6-13,16H,4-5,14-15H2,1-3H3,(H,24,27)(H,25,28). The van der Waals surface area contributed by atoms with Crippen molar-refractivity contribution in [2.24, 2.45) is 5.92 Å². The molecule has 2 amide bonds. The van der Waals surface area contributed by atoms with E-state index in [2.05, 4.69) is 10.6 Å². The number of hydrogen-bond acceptors (Lipinski definition) is 4. The summed E-state index contributed by atoms with van der Waals surface area (Å²) >= 11 is 0. The van der Waals surface area contributed by atoms with E-state index in [9.17, 15) is 14.4 Å². The molecule has 0 aliphatic heterocycles. The molecule has 2 N–H and O–H groups in total. The van der Waals surface area contributed by atoms with Crippen LogP contribution in [0.2, 0.25) is 0 Å². The molecule has 2 rings (SSSR count). The van der Waals surface area contributed by atoms with Crippen molar-refractivity contribution >= 4 is 29.0 Å². The van der Waals surface area contributed by atoms with Crippen LogP contribution < -0.4 is 15.4 Å². The summed E-state index contributed by atoms with van der Waals surface area (Å²) in [5, 5.41) is 5.66. The van der Waals surface area contributed by atoms with Gasteiger partial charge in [0.1, 0.15) is 5.75 Å². The Kier molecular flexibility index (Phi) is 8.40. The number of nitrogens with one attached hydrogen (secondary N) is 2. The zero-order valence-electron chi connectivity index (χ0n) is 17.2. The highest BCUT2D eigenvalue weighted by atomic mass is 16.5. The van der Waals surface area contributed by atoms with Crippen molar-refractivity contribution in [1.29, 1.82) is 0 Å². The first kappa shape index (κ1) is 22.1. The number of hydrogen-bond donors (Lipinski definition) is 2. The third kappa shape index (κ3) is 8.17. The molecule has 0 radical (unpaired) electrons. The molecule has 0 saturated carbocycles. The van der Waals surface area contributed by atoms with Gasteiger partial charge in [-0.3, -0.25) is 14.4 Å². The fourth-order valence-electron chi connectivity index (χ4n) is 2.65. The van der Waals surface area contributed by atoms with Crippen LogP contribution >= 0.6 is 0 Å². The number of ketones is 1. The van der Waals surface area contributed by atoms with E-state index in [0.717, 1.165) is 0 Å². The SMILES string of the molecule is CC(=O)c1ccc(OCCCC(=O)Nc2ccc(NC(=O)CC(C)C)cc2)cc1. The van der Waals surface area contributed by atoms with Crippen LogP contribution in [0.5, 0.6) is 5.75 Å². The Morgan fingerprint density at radius 2 is 1.41 bits per heavy atom. The summed E-state index contributed by atoms with van der Waals surface area (Å²) in [6, 6.07) is 14.0. The van der Waals surface area contributed by atoms with E-state index in [4.69, 9.17) is 4.74 Å². The highest BCUT2D eigenvalue weighted by Crippen LogP contribution is 2.16. The third-order valence-corrected chi connectivity index (χ3v) is 4.12. The Hall–Kier alpha value is -3.15. The molecule has 6 nitrogen and oxygen atoms in total. The van der Waals surface area contributed by atoms with Crippen molar-refractivity contribution in [2.45, 2.75) is 40.0 Å². The number of rotatable bonds is 10. The number of Topliss-reactive ketones (excluding diaryl/α,β-unsaturated/α-hetero) is 1. The van der Waals surface area contributed by atoms with Gasteiger partial charge in [-0.15, -0.1) is 0 Å². The number of amides is 2. The Morgan fingerprint density at radius 1 is 0.862 bits per heavy atom. The van der Waals surface area contributed by atoms with Crippen molar-refractivity contribution in [1.82, 2.24) is 0 Å². The highest BCUT2D eigenvalue weighted by molar-refractivity contribution is 5.94. The minimum atomic E-state index is -0.0999. The summed E-state index contributed by atoms with van der Waals surface area (Å²) in [7, 11) is 0. The zero-order chi connectivity index (χ0) is 21.2. The van der Waals surface area contributed by atoms with E-state index in [1.807, 2.05) is 13.8 Å². The van der Waals surface area contributed by atoms with Crippen LogP contribution in [0.15, 0.2) is 48.5 Å². The Balaban J connectivity index is 1.69. The van der Waals surface area contributed by atoms with Gasteiger partial charge in [-0.1, -0.05) is 13.8 Å². The molecule has 0 atom stereocenters. The van der Waals surface area contributed by atoms with Crippen LogP contribution in [0.25, 0.3) is 0 Å². The first-order chi connectivity index (χ1) is 13.8. The van der Waals surface area contributed by atoms with Gasteiger partial charge < -0.3 is 15.4 Å². The van der Waals surface area contributed by atoms with Crippen LogP contribution in [0.4, 0.5) is 11.4 Å². The van der Waals surface area contributed by atoms with Gasteiger partial charge in [0.15, 0.2) is 5.78 Å². The Bertz CT molecular complexity index is 827. The molecular weight excluding hydrogens is 368 g/mol. The molecule has 2 aromatic rings. The number of anilines is 2. The molecule has 0 unspecified atom stereocenters. The van der Waals surface area contributed by atoms with Gasteiger partial charge in [0.05, 0.1) is 6.61 Å². The van der Waals surface area contributed by atoms with Crippen LogP contribution in [0.3, 0.4) is 0 Å². The predicted octanol–water partition coefficient (Wildman–Crippen LogP) is 4.67. The summed E-state index contributed by atoms with van der Waals surface area (Å²) in [6.07, 6.45) is 1.38. The molecule has 2 aromatic carbocycles. The lowest BCUT2D eigenvalue weighted by Gasteiger charge is -2.09. The van der Waals surface area contributed by atoms with Gasteiger partial charge in [-0.25, -0.2) is 0 Å². The number of carbonyl (C=O) groups excluding carboxylic acids is 3. The van der Waals surface area contributed by atoms with Gasteiger partial charge in [0.25, 0.3) is 0 Å². The van der Waals surface area contributed by atoms with Gasteiger partial charge in [-0.05, 0) is 67.8 Å². The summed E-state index contributed by atoms with van der Waals surface area (Å²) < 4.78 is 5.59. The van der Waals surface area contributed by atoms with E-state index in [1.54, 1.807) is 48.5 Å². The van der Waals surface area contributed by atoms with E-state index >= 15 is 0 Å². The Morgan fingerprint density at radius 3 is 1.93 bits per heavy atom. The second-order valence-corrected chi connectivity index (χ2v) is 7.30. The lowest BCUT2D eigenvalue weighted by atomic mass is 10.1. The molecule has 6 heteroatoms. The lowest BCUT2D eigenvalue weighted by Crippen LogP contribution is -2.14. The van der Waals surface area contributed by atoms with Crippen molar-refractivity contribution in [3.8, 4) is 5.75 Å². The molecule has 0 aromatic heterocycles.